The number of hydrogen-bond donors (Lipinski definition) is 0. The second kappa shape index (κ2) is 8.97. The first-order valence-corrected chi connectivity index (χ1v) is 12.9. The van der Waals surface area contributed by atoms with Crippen LogP contribution >= 0.6 is 27.3 Å². The Morgan fingerprint density at radius 2 is 2.00 bits per heavy atom. The minimum Gasteiger partial charge on any atom is -0.323 e. The van der Waals surface area contributed by atoms with Crippen molar-refractivity contribution in [2.24, 2.45) is 0 Å². The standard InChI is InChI=1S/C23H20BrFN4OS2/c1-15(16-5-7-18(25)8-6-16)29-14-26-11-21(29)20-4-2-3-17-13-28(10-9-19(17)20)32(30)22-12-27-23(24)31-22/h2-8,11-12,14-15H,9-10,13H2,1H3. The molecule has 2 atom stereocenters. The second-order valence-corrected chi connectivity index (χ2v) is 11.7. The summed E-state index contributed by atoms with van der Waals surface area (Å²) in [5, 5.41) is 0. The highest BCUT2D eigenvalue weighted by molar-refractivity contribution is 9.11. The molecule has 0 radical (unpaired) electrons. The summed E-state index contributed by atoms with van der Waals surface area (Å²) >= 11 is 4.75. The van der Waals surface area contributed by atoms with Crippen LogP contribution in [-0.2, 0) is 24.0 Å². The fourth-order valence-electron chi connectivity index (χ4n) is 4.14. The topological polar surface area (TPSA) is 51.0 Å². The zero-order chi connectivity index (χ0) is 22.2. The molecule has 0 amide bonds. The van der Waals surface area contributed by atoms with Crippen molar-refractivity contribution in [1.29, 1.82) is 0 Å². The summed E-state index contributed by atoms with van der Waals surface area (Å²) in [6.07, 6.45) is 6.18. The molecule has 0 saturated carbocycles. The van der Waals surface area contributed by atoms with Crippen LogP contribution in [-0.4, -0.2) is 29.6 Å². The van der Waals surface area contributed by atoms with Crippen LogP contribution in [0.3, 0.4) is 0 Å². The molecule has 0 N–H and O–H groups in total. The van der Waals surface area contributed by atoms with Gasteiger partial charge in [-0.1, -0.05) is 41.7 Å². The van der Waals surface area contributed by atoms with Crippen LogP contribution in [0.1, 0.15) is 29.7 Å². The lowest BCUT2D eigenvalue weighted by Crippen LogP contribution is -2.32. The highest BCUT2D eigenvalue weighted by Gasteiger charge is 2.26. The van der Waals surface area contributed by atoms with Gasteiger partial charge in [0.1, 0.15) is 21.0 Å². The van der Waals surface area contributed by atoms with Crippen molar-refractivity contribution in [1.82, 2.24) is 18.8 Å². The van der Waals surface area contributed by atoms with E-state index in [1.165, 1.54) is 34.6 Å². The van der Waals surface area contributed by atoms with E-state index in [1.807, 2.05) is 35.0 Å². The Balaban J connectivity index is 1.45. The third-order valence-corrected chi connectivity index (χ3v) is 8.98. The summed E-state index contributed by atoms with van der Waals surface area (Å²) in [7, 11) is -1.23. The van der Waals surface area contributed by atoms with Crippen molar-refractivity contribution in [2.45, 2.75) is 30.1 Å². The van der Waals surface area contributed by atoms with E-state index in [4.69, 9.17) is 0 Å². The van der Waals surface area contributed by atoms with Crippen LogP contribution in [0, 0.1) is 5.82 Å². The third-order valence-electron chi connectivity index (χ3n) is 5.81. The smallest absolute Gasteiger partial charge is 0.160 e. The molecule has 2 aromatic heterocycles. The molecule has 5 rings (SSSR count). The maximum atomic E-state index is 13.4. The van der Waals surface area contributed by atoms with Crippen molar-refractivity contribution >= 4 is 38.3 Å². The number of rotatable bonds is 5. The van der Waals surface area contributed by atoms with Crippen LogP contribution in [0.25, 0.3) is 11.3 Å². The number of halogens is 2. The van der Waals surface area contributed by atoms with E-state index in [9.17, 15) is 8.60 Å². The van der Waals surface area contributed by atoms with Gasteiger partial charge in [-0.15, -0.1) is 0 Å². The Bertz CT molecular complexity index is 1290. The van der Waals surface area contributed by atoms with Gasteiger partial charge >= 0.3 is 0 Å². The fourth-order valence-corrected chi connectivity index (χ4v) is 7.21. The first-order valence-electron chi connectivity index (χ1n) is 10.2. The molecule has 2 unspecified atom stereocenters. The van der Waals surface area contributed by atoms with E-state index in [0.717, 1.165) is 31.4 Å². The molecular weight excluding hydrogens is 511 g/mol. The number of aromatic nitrogens is 3. The van der Waals surface area contributed by atoms with E-state index in [1.54, 1.807) is 6.20 Å². The summed E-state index contributed by atoms with van der Waals surface area (Å²) in [6, 6.07) is 12.9. The lowest BCUT2D eigenvalue weighted by Gasteiger charge is -2.29. The van der Waals surface area contributed by atoms with Crippen LogP contribution in [0.2, 0.25) is 0 Å². The van der Waals surface area contributed by atoms with Gasteiger partial charge in [0.25, 0.3) is 0 Å². The molecule has 164 valence electrons. The first-order chi connectivity index (χ1) is 15.5. The summed E-state index contributed by atoms with van der Waals surface area (Å²) < 4.78 is 32.0. The minimum atomic E-state index is -1.23. The number of fused-ring (bicyclic) bond motifs is 1. The molecule has 5 nitrogen and oxygen atoms in total. The van der Waals surface area contributed by atoms with E-state index < -0.39 is 11.0 Å². The van der Waals surface area contributed by atoms with Crippen molar-refractivity contribution < 1.29 is 8.60 Å². The number of hydrogen-bond acceptors (Lipinski definition) is 4. The predicted molar refractivity (Wildman–Crippen MR) is 128 cm³/mol. The van der Waals surface area contributed by atoms with Crippen LogP contribution in [0.15, 0.2) is 69.3 Å². The monoisotopic (exact) mass is 530 g/mol. The fraction of sp³-hybridized carbons (Fsp3) is 0.217. The quantitative estimate of drug-likeness (QED) is 0.337. The molecule has 0 bridgehead atoms. The average molecular weight is 531 g/mol. The molecule has 0 saturated heterocycles. The normalized spacial score (nSPS) is 16.0. The van der Waals surface area contributed by atoms with Gasteiger partial charge in [0, 0.05) is 18.7 Å². The molecule has 4 aromatic rings. The summed E-state index contributed by atoms with van der Waals surface area (Å²) in [5.74, 6) is -0.239. The summed E-state index contributed by atoms with van der Waals surface area (Å²) in [5.41, 5.74) is 5.62. The van der Waals surface area contributed by atoms with Gasteiger partial charge in [0.05, 0.1) is 30.5 Å². The lowest BCUT2D eigenvalue weighted by molar-refractivity contribution is 0.422. The number of imidazole rings is 1. The average Bonchev–Trinajstić information content (AvgIpc) is 3.47. The van der Waals surface area contributed by atoms with E-state index in [2.05, 4.69) is 49.5 Å². The van der Waals surface area contributed by atoms with Gasteiger partial charge < -0.3 is 4.57 Å². The molecule has 0 spiro atoms. The van der Waals surface area contributed by atoms with Crippen LogP contribution in [0.5, 0.6) is 0 Å². The van der Waals surface area contributed by atoms with Gasteiger partial charge in [-0.3, -0.25) is 0 Å². The minimum absolute atomic E-state index is 0.0151. The number of benzene rings is 2. The van der Waals surface area contributed by atoms with Crippen molar-refractivity contribution in [2.75, 3.05) is 6.54 Å². The van der Waals surface area contributed by atoms with Crippen LogP contribution < -0.4 is 0 Å². The summed E-state index contributed by atoms with van der Waals surface area (Å²) in [6.45, 7) is 3.41. The maximum absolute atomic E-state index is 13.4. The lowest BCUT2D eigenvalue weighted by atomic mass is 9.93. The highest BCUT2D eigenvalue weighted by Crippen LogP contribution is 2.34. The SMILES string of the molecule is CC(c1ccc(F)cc1)n1cncc1-c1cccc2c1CCN(S(=O)c1cnc(Br)s1)C2. The first kappa shape index (κ1) is 21.6. The number of thiazole rings is 1. The maximum Gasteiger partial charge on any atom is 0.160 e. The van der Waals surface area contributed by atoms with Crippen LogP contribution in [0.4, 0.5) is 4.39 Å². The molecule has 2 aromatic carbocycles. The highest BCUT2D eigenvalue weighted by atomic mass is 79.9. The van der Waals surface area contributed by atoms with E-state index in [-0.39, 0.29) is 11.9 Å². The van der Waals surface area contributed by atoms with E-state index in [0.29, 0.717) is 13.1 Å². The molecule has 0 aliphatic carbocycles. The number of nitrogens with zero attached hydrogens (tertiary/aromatic N) is 4. The van der Waals surface area contributed by atoms with Crippen molar-refractivity contribution in [3.05, 3.63) is 87.6 Å². The van der Waals surface area contributed by atoms with Gasteiger partial charge in [0.15, 0.2) is 3.92 Å². The van der Waals surface area contributed by atoms with Gasteiger partial charge in [-0.05, 0) is 58.1 Å². The molecule has 32 heavy (non-hydrogen) atoms. The Labute approximate surface area is 200 Å². The molecule has 1 aliphatic rings. The molecule has 1 aliphatic heterocycles. The van der Waals surface area contributed by atoms with Gasteiger partial charge in [-0.25, -0.2) is 22.9 Å². The zero-order valence-corrected chi connectivity index (χ0v) is 20.5. The van der Waals surface area contributed by atoms with Gasteiger partial charge in [-0.2, -0.15) is 0 Å². The predicted octanol–water partition coefficient (Wildman–Crippen LogP) is 5.60. The third kappa shape index (κ3) is 4.10. The Hall–Kier alpha value is -2.20. The van der Waals surface area contributed by atoms with Crippen molar-refractivity contribution in [3.63, 3.8) is 0 Å². The Morgan fingerprint density at radius 3 is 2.75 bits per heavy atom. The van der Waals surface area contributed by atoms with Gasteiger partial charge in [0.2, 0.25) is 0 Å². The molecule has 0 fully saturated rings. The van der Waals surface area contributed by atoms with E-state index >= 15 is 0 Å². The van der Waals surface area contributed by atoms with Crippen molar-refractivity contribution in [3.8, 4) is 11.3 Å². The molecule has 9 heteroatoms. The molecular formula is C23H20BrFN4OS2. The summed E-state index contributed by atoms with van der Waals surface area (Å²) in [4.78, 5) is 8.58. The zero-order valence-electron chi connectivity index (χ0n) is 17.2. The largest absolute Gasteiger partial charge is 0.323 e. The Morgan fingerprint density at radius 1 is 1.19 bits per heavy atom. The molecule has 3 heterocycles. The second-order valence-electron chi connectivity index (χ2n) is 7.65. The Kier molecular flexibility index (Phi) is 6.07.